The van der Waals surface area contributed by atoms with Crippen LogP contribution in [0.15, 0.2) is 24.3 Å². The number of sulfone groups is 1. The maximum Gasteiger partial charge on any atom is 0.237 e. The smallest absolute Gasteiger partial charge is 0.237 e. The molecule has 1 spiro atoms. The van der Waals surface area contributed by atoms with Crippen LogP contribution in [-0.4, -0.2) is 88.0 Å². The minimum atomic E-state index is -3.56. The number of aryl methyl sites for hydroxylation is 1. The van der Waals surface area contributed by atoms with Crippen molar-refractivity contribution in [2.75, 3.05) is 43.9 Å². The fourth-order valence-electron chi connectivity index (χ4n) is 9.25. The predicted octanol–water partition coefficient (Wildman–Crippen LogP) is 3.75. The summed E-state index contributed by atoms with van der Waals surface area (Å²) >= 11 is 0. The lowest BCUT2D eigenvalue weighted by atomic mass is 9.69. The Balaban J connectivity index is 1.33. The number of hydrogen-bond donors (Lipinski definition) is 1. The summed E-state index contributed by atoms with van der Waals surface area (Å²) in [7, 11) is -6.78. The Kier molecular flexibility index (Phi) is 8.71. The Morgan fingerprint density at radius 3 is 2.33 bits per heavy atom. The van der Waals surface area contributed by atoms with Crippen LogP contribution >= 0.6 is 0 Å². The number of nitrogens with zero attached hydrogens (tertiary/aromatic N) is 2. The van der Waals surface area contributed by atoms with Crippen LogP contribution in [0.2, 0.25) is 0 Å². The van der Waals surface area contributed by atoms with Crippen LogP contribution < -0.4 is 5.32 Å². The number of benzene rings is 1. The van der Waals surface area contributed by atoms with E-state index in [1.807, 2.05) is 18.7 Å². The molecule has 2 bridgehead atoms. The molecule has 2 saturated carbocycles. The average molecular weight is 622 g/mol. The fourth-order valence-corrected chi connectivity index (χ4v) is 12.2. The van der Waals surface area contributed by atoms with E-state index in [1.165, 1.54) is 17.4 Å². The molecule has 1 amide bonds. The van der Waals surface area contributed by atoms with Gasteiger partial charge in [0.25, 0.3) is 0 Å². The number of rotatable bonds is 11. The van der Waals surface area contributed by atoms with Gasteiger partial charge in [0.15, 0.2) is 0 Å². The third-order valence-corrected chi connectivity index (χ3v) is 15.0. The molecule has 5 rings (SSSR count). The number of fused-ring (bicyclic) bond motifs is 4. The first-order valence-electron chi connectivity index (χ1n) is 16.0. The van der Waals surface area contributed by atoms with Crippen molar-refractivity contribution in [3.8, 4) is 0 Å². The van der Waals surface area contributed by atoms with Gasteiger partial charge in [0, 0.05) is 30.8 Å². The molecule has 236 valence electrons. The first-order chi connectivity index (χ1) is 19.7. The Hall–Kier alpha value is -1.49. The normalized spacial score (nSPS) is 29.2. The van der Waals surface area contributed by atoms with Crippen LogP contribution in [0.25, 0.3) is 0 Å². The van der Waals surface area contributed by atoms with Gasteiger partial charge in [-0.1, -0.05) is 52.0 Å². The molecule has 4 atom stereocenters. The monoisotopic (exact) mass is 621 g/mol. The Morgan fingerprint density at radius 2 is 1.71 bits per heavy atom. The van der Waals surface area contributed by atoms with Crippen molar-refractivity contribution in [2.24, 2.45) is 16.7 Å². The molecule has 8 nitrogen and oxygen atoms in total. The zero-order valence-corrected chi connectivity index (χ0v) is 27.8. The lowest BCUT2D eigenvalue weighted by Gasteiger charge is -2.45. The molecule has 1 aliphatic heterocycles. The molecular formula is C32H51N3O5S2. The Labute approximate surface area is 254 Å². The molecule has 0 radical (unpaired) electrons. The summed E-state index contributed by atoms with van der Waals surface area (Å²) in [6, 6.07) is 7.85. The van der Waals surface area contributed by atoms with Gasteiger partial charge in [-0.15, -0.1) is 0 Å². The quantitative estimate of drug-likeness (QED) is 0.404. The summed E-state index contributed by atoms with van der Waals surface area (Å²) in [6.45, 7) is 10.7. The fraction of sp³-hybridized carbons (Fsp3) is 0.781. The largest absolute Gasteiger partial charge is 0.351 e. The molecule has 42 heavy (non-hydrogen) atoms. The molecule has 3 fully saturated rings. The second-order valence-corrected chi connectivity index (χ2v) is 18.4. The molecule has 4 aliphatic rings. The first-order valence-corrected chi connectivity index (χ1v) is 19.6. The lowest BCUT2D eigenvalue weighted by molar-refractivity contribution is -0.128. The van der Waals surface area contributed by atoms with E-state index >= 15 is 0 Å². The molecule has 0 aromatic heterocycles. The van der Waals surface area contributed by atoms with Crippen LogP contribution in [0.3, 0.4) is 0 Å². The predicted molar refractivity (Wildman–Crippen MR) is 168 cm³/mol. The highest BCUT2D eigenvalue weighted by Gasteiger charge is 2.66. The van der Waals surface area contributed by atoms with Crippen LogP contribution in [0, 0.1) is 16.7 Å². The second-order valence-electron chi connectivity index (χ2n) is 14.2. The van der Waals surface area contributed by atoms with E-state index in [1.54, 1.807) is 4.31 Å². The van der Waals surface area contributed by atoms with E-state index in [0.29, 0.717) is 32.1 Å². The van der Waals surface area contributed by atoms with E-state index in [9.17, 15) is 21.6 Å². The summed E-state index contributed by atoms with van der Waals surface area (Å²) in [5, 5.41) is 3.31. The summed E-state index contributed by atoms with van der Waals surface area (Å²) in [5.74, 6) is 0.172. The van der Waals surface area contributed by atoms with Crippen molar-refractivity contribution in [3.05, 3.63) is 35.4 Å². The van der Waals surface area contributed by atoms with E-state index in [-0.39, 0.29) is 40.7 Å². The van der Waals surface area contributed by atoms with Gasteiger partial charge in [0.2, 0.25) is 15.9 Å². The van der Waals surface area contributed by atoms with Crippen LogP contribution in [0.5, 0.6) is 0 Å². The number of carbonyl (C=O) groups excluding carboxylic acids is 1. The SMILES string of the molecule is CCN(CC)C(CCS(C)(=O)=O)C(=O)N[C@H]1C[C@H]2CC[C@]1(CS(=O)(=O)N1CCC3(CCc4ccccc43)CC1)C2(C)C. The van der Waals surface area contributed by atoms with Crippen molar-refractivity contribution in [2.45, 2.75) is 96.6 Å². The van der Waals surface area contributed by atoms with Crippen LogP contribution in [-0.2, 0) is 36.5 Å². The number of amides is 1. The van der Waals surface area contributed by atoms with E-state index in [4.69, 9.17) is 0 Å². The maximum atomic E-state index is 14.2. The number of piperidine rings is 1. The summed E-state index contributed by atoms with van der Waals surface area (Å²) < 4.78 is 54.0. The average Bonchev–Trinajstić information content (AvgIpc) is 3.47. The molecule has 1 N–H and O–H groups in total. The first kappa shape index (κ1) is 31.9. The van der Waals surface area contributed by atoms with Gasteiger partial charge in [-0.25, -0.2) is 21.1 Å². The highest BCUT2D eigenvalue weighted by atomic mass is 32.2. The molecule has 3 aliphatic carbocycles. The summed E-state index contributed by atoms with van der Waals surface area (Å²) in [4.78, 5) is 15.8. The Morgan fingerprint density at radius 1 is 1.05 bits per heavy atom. The zero-order chi connectivity index (χ0) is 30.6. The third-order valence-electron chi connectivity index (χ3n) is 12.0. The van der Waals surface area contributed by atoms with Crippen LogP contribution in [0.1, 0.15) is 83.8 Å². The minimum Gasteiger partial charge on any atom is -0.351 e. The van der Waals surface area contributed by atoms with Gasteiger partial charge in [-0.05, 0) is 92.3 Å². The van der Waals surface area contributed by atoms with Crippen LogP contribution in [0.4, 0.5) is 0 Å². The molecule has 1 heterocycles. The topological polar surface area (TPSA) is 104 Å². The van der Waals surface area contributed by atoms with Gasteiger partial charge >= 0.3 is 0 Å². The maximum absolute atomic E-state index is 14.2. The summed E-state index contributed by atoms with van der Waals surface area (Å²) in [6.07, 6.45) is 7.84. The van der Waals surface area contributed by atoms with Crippen molar-refractivity contribution in [1.29, 1.82) is 0 Å². The zero-order valence-electron chi connectivity index (χ0n) is 26.2. The van der Waals surface area contributed by atoms with E-state index < -0.39 is 31.3 Å². The molecule has 1 aromatic rings. The van der Waals surface area contributed by atoms with Crippen molar-refractivity contribution >= 4 is 25.8 Å². The van der Waals surface area contributed by atoms with Gasteiger partial charge in [-0.3, -0.25) is 9.69 Å². The van der Waals surface area contributed by atoms with Crippen molar-refractivity contribution in [1.82, 2.24) is 14.5 Å². The molecule has 1 unspecified atom stereocenters. The highest BCUT2D eigenvalue weighted by molar-refractivity contribution is 7.90. The summed E-state index contributed by atoms with van der Waals surface area (Å²) in [5.41, 5.74) is 2.14. The lowest BCUT2D eigenvalue weighted by Crippen LogP contribution is -2.58. The minimum absolute atomic E-state index is 0.0529. The van der Waals surface area contributed by atoms with E-state index in [0.717, 1.165) is 44.9 Å². The molecule has 10 heteroatoms. The molecule has 1 saturated heterocycles. The van der Waals surface area contributed by atoms with Gasteiger partial charge in [0.05, 0.1) is 17.5 Å². The highest BCUT2D eigenvalue weighted by Crippen LogP contribution is 2.66. The second kappa shape index (κ2) is 11.5. The number of nitrogens with one attached hydrogen (secondary N) is 1. The standard InChI is InChI=1S/C32H51N3O5S2/c1-6-34(7-2)27(14-21-41(5,37)38)29(36)33-28-22-25-13-16-32(28,30(25,3)4)23-42(39,40)35-19-17-31(18-20-35)15-12-24-10-8-9-11-26(24)31/h8-11,25,27-28H,6-7,12-23H2,1-5H3,(H,33,36)/t25-,27?,28+,32-/m1/s1. The van der Waals surface area contributed by atoms with Gasteiger partial charge < -0.3 is 5.32 Å². The number of likely N-dealkylation sites (N-methyl/N-ethyl adjacent to an activating group) is 1. The van der Waals surface area contributed by atoms with Crippen molar-refractivity contribution < 1.29 is 21.6 Å². The number of sulfonamides is 1. The molecular weight excluding hydrogens is 571 g/mol. The number of hydrogen-bond acceptors (Lipinski definition) is 6. The Bertz CT molecular complexity index is 1380. The third kappa shape index (κ3) is 5.58. The number of carbonyl (C=O) groups is 1. The molecule has 1 aromatic carbocycles. The van der Waals surface area contributed by atoms with E-state index in [2.05, 4.69) is 43.4 Å². The van der Waals surface area contributed by atoms with Crippen molar-refractivity contribution in [3.63, 3.8) is 0 Å². The van der Waals surface area contributed by atoms with Gasteiger partial charge in [-0.2, -0.15) is 0 Å². The van der Waals surface area contributed by atoms with Gasteiger partial charge in [0.1, 0.15) is 9.84 Å².